The summed E-state index contributed by atoms with van der Waals surface area (Å²) < 4.78 is 28.5. The van der Waals surface area contributed by atoms with Gasteiger partial charge in [-0.05, 0) is 18.6 Å². The predicted octanol–water partition coefficient (Wildman–Crippen LogP) is 3.00. The lowest BCUT2D eigenvalue weighted by atomic mass is 9.86. The third-order valence-electron chi connectivity index (χ3n) is 7.90. The average Bonchev–Trinajstić information content (AvgIpc) is 3.02. The second kappa shape index (κ2) is 17.4. The summed E-state index contributed by atoms with van der Waals surface area (Å²) in [6, 6.07) is 5.01. The summed E-state index contributed by atoms with van der Waals surface area (Å²) in [5, 5.41) is 4.09. The van der Waals surface area contributed by atoms with Crippen molar-refractivity contribution >= 4 is 35.1 Å². The molecule has 1 aromatic carbocycles. The number of carbonyl (C=O) groups is 2. The number of carbonyl (C=O) groups excluding carboxylic acids is 2. The predicted molar refractivity (Wildman–Crippen MR) is 168 cm³/mol. The van der Waals surface area contributed by atoms with E-state index >= 15 is 0 Å². The van der Waals surface area contributed by atoms with Crippen molar-refractivity contribution in [2.75, 3.05) is 85.5 Å². The maximum absolute atomic E-state index is 13.9. The highest BCUT2D eigenvalue weighted by Gasteiger charge is 2.37. The fourth-order valence-corrected chi connectivity index (χ4v) is 5.86. The maximum atomic E-state index is 13.9. The molecule has 3 aliphatic rings. The van der Waals surface area contributed by atoms with Gasteiger partial charge in [0.05, 0.1) is 60.8 Å². The molecule has 0 spiro atoms. The monoisotopic (exact) mass is 654 g/mol. The van der Waals surface area contributed by atoms with Crippen molar-refractivity contribution in [3.63, 3.8) is 0 Å². The van der Waals surface area contributed by atoms with E-state index in [-0.39, 0.29) is 19.3 Å². The van der Waals surface area contributed by atoms with Gasteiger partial charge in [-0.25, -0.2) is 9.59 Å². The SMILES string of the molecule is CCC1=C(C(=O)OC(CN2CCOCC2)CN2CCOCC2)C(C)C(C(=O)OCCCOc2ccc(Cl)c(Cl)c2)=C(CN)N1. The molecular formula is C31H44Cl2N4O7. The first-order valence-electron chi connectivity index (χ1n) is 15.3. The second-order valence-electron chi connectivity index (χ2n) is 11.0. The average molecular weight is 656 g/mol. The number of benzene rings is 1. The lowest BCUT2D eigenvalue weighted by molar-refractivity contribution is -0.148. The van der Waals surface area contributed by atoms with Gasteiger partial charge in [0.15, 0.2) is 0 Å². The molecule has 3 aliphatic heterocycles. The molecule has 4 rings (SSSR count). The smallest absolute Gasteiger partial charge is 0.336 e. The molecule has 1 atom stereocenters. The molecule has 0 saturated carbocycles. The summed E-state index contributed by atoms with van der Waals surface area (Å²) in [5.41, 5.74) is 8.05. The number of hydrogen-bond donors (Lipinski definition) is 2. The van der Waals surface area contributed by atoms with Crippen LogP contribution < -0.4 is 15.8 Å². The van der Waals surface area contributed by atoms with E-state index < -0.39 is 17.9 Å². The molecule has 0 aliphatic carbocycles. The van der Waals surface area contributed by atoms with Crippen molar-refractivity contribution in [3.05, 3.63) is 50.8 Å². The van der Waals surface area contributed by atoms with Crippen molar-refractivity contribution < 1.29 is 33.3 Å². The molecule has 0 bridgehead atoms. The number of nitrogens with zero attached hydrogens (tertiary/aromatic N) is 2. The van der Waals surface area contributed by atoms with Crippen LogP contribution in [0.1, 0.15) is 26.7 Å². The molecule has 0 amide bonds. The number of halogens is 2. The lowest BCUT2D eigenvalue weighted by Gasteiger charge is -2.35. The Kier molecular flexibility index (Phi) is 13.6. The number of morpholine rings is 2. The Hall–Kier alpha value is -2.38. The molecule has 1 aromatic rings. The Balaban J connectivity index is 1.39. The fourth-order valence-electron chi connectivity index (χ4n) is 5.57. The number of esters is 2. The number of nitrogens with one attached hydrogen (secondary N) is 1. The highest BCUT2D eigenvalue weighted by molar-refractivity contribution is 6.42. The first kappa shape index (κ1) is 34.5. The number of ether oxygens (including phenoxy) is 5. The molecule has 2 fully saturated rings. The molecule has 1 unspecified atom stereocenters. The van der Waals surface area contributed by atoms with Gasteiger partial charge < -0.3 is 34.7 Å². The zero-order chi connectivity index (χ0) is 31.5. The van der Waals surface area contributed by atoms with E-state index in [1.807, 2.05) is 13.8 Å². The first-order valence-corrected chi connectivity index (χ1v) is 16.1. The van der Waals surface area contributed by atoms with Crippen molar-refractivity contribution in [2.24, 2.45) is 11.7 Å². The van der Waals surface area contributed by atoms with Gasteiger partial charge in [-0.15, -0.1) is 0 Å². The van der Waals surface area contributed by atoms with Crippen molar-refractivity contribution in [3.8, 4) is 5.75 Å². The fraction of sp³-hybridized carbons (Fsp3) is 0.613. The van der Waals surface area contributed by atoms with E-state index in [1.165, 1.54) is 0 Å². The van der Waals surface area contributed by atoms with E-state index in [9.17, 15) is 9.59 Å². The lowest BCUT2D eigenvalue weighted by Crippen LogP contribution is -2.49. The van der Waals surface area contributed by atoms with Crippen LogP contribution in [0.4, 0.5) is 0 Å². The van der Waals surface area contributed by atoms with Gasteiger partial charge >= 0.3 is 11.9 Å². The van der Waals surface area contributed by atoms with Crippen molar-refractivity contribution in [1.82, 2.24) is 15.1 Å². The summed E-state index contributed by atoms with van der Waals surface area (Å²) in [5.74, 6) is -0.960. The largest absolute Gasteiger partial charge is 0.493 e. The van der Waals surface area contributed by atoms with Crippen LogP contribution in [-0.4, -0.2) is 113 Å². The number of allylic oxidation sites excluding steroid dienone is 1. The van der Waals surface area contributed by atoms with Gasteiger partial charge in [0.2, 0.25) is 0 Å². The summed E-state index contributed by atoms with van der Waals surface area (Å²) >= 11 is 12.0. The van der Waals surface area contributed by atoms with Crippen LogP contribution in [0.15, 0.2) is 40.7 Å². The minimum absolute atomic E-state index is 0.0950. The minimum atomic E-state index is -0.565. The normalized spacial score (nSPS) is 20.1. The quantitative estimate of drug-likeness (QED) is 0.227. The van der Waals surface area contributed by atoms with Gasteiger partial charge in [0.25, 0.3) is 0 Å². The second-order valence-corrected chi connectivity index (χ2v) is 11.8. The van der Waals surface area contributed by atoms with Gasteiger partial charge in [-0.2, -0.15) is 0 Å². The van der Waals surface area contributed by atoms with Gasteiger partial charge in [-0.3, -0.25) is 9.80 Å². The molecule has 244 valence electrons. The Bertz CT molecular complexity index is 1180. The van der Waals surface area contributed by atoms with Gasteiger partial charge in [0, 0.05) is 75.6 Å². The summed E-state index contributed by atoms with van der Waals surface area (Å²) in [7, 11) is 0. The van der Waals surface area contributed by atoms with Crippen LogP contribution in [0, 0.1) is 5.92 Å². The Morgan fingerprint density at radius 1 is 0.955 bits per heavy atom. The number of nitrogens with two attached hydrogens (primary N) is 1. The Morgan fingerprint density at radius 2 is 1.57 bits per heavy atom. The van der Waals surface area contributed by atoms with E-state index in [0.29, 0.717) is 97.3 Å². The minimum Gasteiger partial charge on any atom is -0.493 e. The van der Waals surface area contributed by atoms with Crippen molar-refractivity contribution in [1.29, 1.82) is 0 Å². The molecule has 0 radical (unpaired) electrons. The summed E-state index contributed by atoms with van der Waals surface area (Å²) in [6.07, 6.45) is 0.640. The highest BCUT2D eigenvalue weighted by atomic mass is 35.5. The van der Waals surface area contributed by atoms with Gasteiger partial charge in [-0.1, -0.05) is 37.0 Å². The van der Waals surface area contributed by atoms with Crippen LogP contribution in [0.3, 0.4) is 0 Å². The van der Waals surface area contributed by atoms with Crippen LogP contribution in [0.2, 0.25) is 10.0 Å². The highest BCUT2D eigenvalue weighted by Crippen LogP contribution is 2.32. The Morgan fingerprint density at radius 3 is 2.14 bits per heavy atom. The zero-order valence-electron chi connectivity index (χ0n) is 25.6. The molecular weight excluding hydrogens is 611 g/mol. The molecule has 2 saturated heterocycles. The zero-order valence-corrected chi connectivity index (χ0v) is 27.1. The van der Waals surface area contributed by atoms with Crippen LogP contribution in [-0.2, 0) is 28.5 Å². The topological polar surface area (TPSA) is 125 Å². The summed E-state index contributed by atoms with van der Waals surface area (Å²) in [6.45, 7) is 11.3. The molecule has 44 heavy (non-hydrogen) atoms. The maximum Gasteiger partial charge on any atom is 0.336 e. The molecule has 13 heteroatoms. The van der Waals surface area contributed by atoms with Crippen LogP contribution in [0.5, 0.6) is 5.75 Å². The van der Waals surface area contributed by atoms with E-state index in [1.54, 1.807) is 18.2 Å². The number of dihydropyridines is 1. The molecule has 3 heterocycles. The van der Waals surface area contributed by atoms with E-state index in [0.717, 1.165) is 26.2 Å². The summed E-state index contributed by atoms with van der Waals surface area (Å²) in [4.78, 5) is 31.7. The first-order chi connectivity index (χ1) is 21.3. The standard InChI is InChI=1S/C31H44Cl2N4O7/c1-3-26-28(31(39)44-23(19-36-7-13-40-14-8-36)20-37-9-15-41-16-10-37)21(2)29(27(18-34)35-26)30(38)43-12-4-11-42-22-5-6-24(32)25(33)17-22/h5-6,17,21,23,35H,3-4,7-16,18-20,34H2,1-2H3. The molecule has 0 aromatic heterocycles. The van der Waals surface area contributed by atoms with Crippen LogP contribution in [0.25, 0.3) is 0 Å². The molecule has 3 N–H and O–H groups in total. The third kappa shape index (κ3) is 9.56. The van der Waals surface area contributed by atoms with Gasteiger partial charge in [0.1, 0.15) is 11.9 Å². The van der Waals surface area contributed by atoms with E-state index in [4.69, 9.17) is 52.6 Å². The Labute approximate surface area is 269 Å². The van der Waals surface area contributed by atoms with E-state index in [2.05, 4.69) is 15.1 Å². The van der Waals surface area contributed by atoms with Crippen molar-refractivity contribution in [2.45, 2.75) is 32.8 Å². The number of hydrogen-bond acceptors (Lipinski definition) is 11. The third-order valence-corrected chi connectivity index (χ3v) is 8.64. The molecule has 11 nitrogen and oxygen atoms in total. The van der Waals surface area contributed by atoms with Crippen LogP contribution >= 0.6 is 23.2 Å². The number of rotatable bonds is 14.